The summed E-state index contributed by atoms with van der Waals surface area (Å²) in [5, 5.41) is 0. The number of anilines is 2. The maximum Gasteiger partial charge on any atom is 0.397 e. The number of carbonyl (C=O) groups is 4. The van der Waals surface area contributed by atoms with Gasteiger partial charge in [0.1, 0.15) is 0 Å². The van der Waals surface area contributed by atoms with Crippen molar-refractivity contribution in [3.63, 3.8) is 0 Å². The van der Waals surface area contributed by atoms with E-state index in [4.69, 9.17) is 9.47 Å². The van der Waals surface area contributed by atoms with Crippen molar-refractivity contribution in [1.82, 2.24) is 0 Å². The number of nitrogens with zero attached hydrogens (tertiary/aromatic N) is 2. The molecule has 8 heteroatoms. The molecule has 0 spiro atoms. The molecule has 2 aromatic carbocycles. The van der Waals surface area contributed by atoms with Gasteiger partial charge in [0.2, 0.25) is 0 Å². The molecular formula is C24H26N2O6. The number of benzene rings is 2. The normalized spacial score (nSPS) is 17.2. The van der Waals surface area contributed by atoms with Gasteiger partial charge in [-0.2, -0.15) is 0 Å². The van der Waals surface area contributed by atoms with Crippen LogP contribution in [0, 0.1) is 0 Å². The van der Waals surface area contributed by atoms with Gasteiger partial charge in [0.05, 0.1) is 19.3 Å². The molecule has 168 valence electrons. The minimum Gasteiger partial charge on any atom is -0.459 e. The second-order valence-corrected chi connectivity index (χ2v) is 7.29. The Balaban J connectivity index is 2.09. The summed E-state index contributed by atoms with van der Waals surface area (Å²) in [4.78, 5) is 53.3. The van der Waals surface area contributed by atoms with Crippen LogP contribution in [0.2, 0.25) is 0 Å². The number of esters is 2. The highest BCUT2D eigenvalue weighted by molar-refractivity contribution is 6.39. The van der Waals surface area contributed by atoms with E-state index < -0.39 is 35.8 Å². The first kappa shape index (κ1) is 23.0. The minimum atomic E-state index is -0.952. The van der Waals surface area contributed by atoms with Crippen LogP contribution in [0.5, 0.6) is 0 Å². The van der Waals surface area contributed by atoms with E-state index >= 15 is 0 Å². The lowest BCUT2D eigenvalue weighted by Gasteiger charge is -2.42. The number of fused-ring (bicyclic) bond motifs is 1. The van der Waals surface area contributed by atoms with Crippen molar-refractivity contribution in [3.8, 4) is 0 Å². The summed E-state index contributed by atoms with van der Waals surface area (Å²) >= 11 is 0. The van der Waals surface area contributed by atoms with E-state index in [-0.39, 0.29) is 13.2 Å². The molecule has 0 radical (unpaired) electrons. The average Bonchev–Trinajstić information content (AvgIpc) is 2.80. The monoisotopic (exact) mass is 438 g/mol. The first-order valence-electron chi connectivity index (χ1n) is 10.5. The van der Waals surface area contributed by atoms with Gasteiger partial charge in [-0.3, -0.25) is 19.4 Å². The number of rotatable bonds is 4. The van der Waals surface area contributed by atoms with Gasteiger partial charge in [0.25, 0.3) is 0 Å². The fourth-order valence-electron chi connectivity index (χ4n) is 3.95. The molecule has 1 heterocycles. The summed E-state index contributed by atoms with van der Waals surface area (Å²) in [5.41, 5.74) is 1.67. The number of amides is 2. The van der Waals surface area contributed by atoms with E-state index in [1.54, 1.807) is 69.3 Å². The molecule has 2 amide bonds. The maximum atomic E-state index is 13.2. The molecule has 32 heavy (non-hydrogen) atoms. The summed E-state index contributed by atoms with van der Waals surface area (Å²) < 4.78 is 9.88. The molecule has 1 aliphatic rings. The molecule has 3 rings (SSSR count). The van der Waals surface area contributed by atoms with Crippen molar-refractivity contribution >= 4 is 35.1 Å². The first-order chi connectivity index (χ1) is 15.4. The highest BCUT2D eigenvalue weighted by atomic mass is 16.5. The van der Waals surface area contributed by atoms with Crippen LogP contribution in [0.25, 0.3) is 0 Å². The van der Waals surface area contributed by atoms with Gasteiger partial charge in [-0.05, 0) is 51.0 Å². The van der Waals surface area contributed by atoms with Gasteiger partial charge < -0.3 is 9.47 Å². The molecule has 1 aliphatic heterocycles. The van der Waals surface area contributed by atoms with Crippen LogP contribution in [0.15, 0.2) is 54.6 Å². The summed E-state index contributed by atoms with van der Waals surface area (Å²) in [6, 6.07) is 14.9. The van der Waals surface area contributed by atoms with E-state index in [1.165, 1.54) is 9.80 Å². The minimum absolute atomic E-state index is 0.0761. The predicted octanol–water partition coefficient (Wildman–Crippen LogP) is 3.01. The van der Waals surface area contributed by atoms with Crippen molar-refractivity contribution in [2.24, 2.45) is 0 Å². The van der Waals surface area contributed by atoms with Crippen molar-refractivity contribution in [2.45, 2.75) is 39.3 Å². The van der Waals surface area contributed by atoms with Crippen LogP contribution in [0.3, 0.4) is 0 Å². The average molecular weight is 438 g/mol. The Morgan fingerprint density at radius 1 is 0.906 bits per heavy atom. The standard InChI is InChI=1S/C24H26N2O6/c1-4-31-23(29)21(27)25-16(3)15-20(18-13-9-10-14-19(18)25)26(17-11-7-6-8-12-17)22(28)24(30)32-5-2/h6-14,16,20H,4-5,15H2,1-3H3/t16-,20-/m1/s1. The largest absolute Gasteiger partial charge is 0.459 e. The van der Waals surface area contributed by atoms with Crippen molar-refractivity contribution in [2.75, 3.05) is 23.0 Å². The molecule has 0 bridgehead atoms. The fourth-order valence-corrected chi connectivity index (χ4v) is 3.95. The highest BCUT2D eigenvalue weighted by Gasteiger charge is 2.42. The second-order valence-electron chi connectivity index (χ2n) is 7.29. The summed E-state index contributed by atoms with van der Waals surface area (Å²) in [6.07, 6.45) is 0.308. The third kappa shape index (κ3) is 4.49. The fraction of sp³-hybridized carbons (Fsp3) is 0.333. The third-order valence-corrected chi connectivity index (χ3v) is 5.24. The SMILES string of the molecule is CCOC(=O)C(=O)N1c2ccccc2[C@H](N(C(=O)C(=O)OCC)c2ccccc2)C[C@H]1C. The van der Waals surface area contributed by atoms with E-state index in [9.17, 15) is 19.2 Å². The summed E-state index contributed by atoms with van der Waals surface area (Å²) in [5.74, 6) is -3.45. The van der Waals surface area contributed by atoms with Crippen molar-refractivity contribution < 1.29 is 28.7 Å². The van der Waals surface area contributed by atoms with Crippen LogP contribution in [-0.2, 0) is 28.7 Å². The van der Waals surface area contributed by atoms with Crippen LogP contribution in [-0.4, -0.2) is 43.0 Å². The third-order valence-electron chi connectivity index (χ3n) is 5.24. The molecule has 0 aromatic heterocycles. The van der Waals surface area contributed by atoms with Gasteiger partial charge in [0, 0.05) is 17.4 Å². The molecule has 8 nitrogen and oxygen atoms in total. The predicted molar refractivity (Wildman–Crippen MR) is 118 cm³/mol. The molecule has 0 saturated heterocycles. The van der Waals surface area contributed by atoms with Gasteiger partial charge in [-0.15, -0.1) is 0 Å². The zero-order valence-electron chi connectivity index (χ0n) is 18.3. The zero-order valence-corrected chi connectivity index (χ0v) is 18.3. The number of hydrogen-bond donors (Lipinski definition) is 0. The Kier molecular flexibility index (Phi) is 7.25. The molecule has 0 N–H and O–H groups in total. The highest BCUT2D eigenvalue weighted by Crippen LogP contribution is 2.42. The number of para-hydroxylation sites is 2. The molecule has 2 aromatic rings. The number of carbonyl (C=O) groups excluding carboxylic acids is 4. The van der Waals surface area contributed by atoms with Crippen LogP contribution in [0.1, 0.15) is 38.8 Å². The lowest BCUT2D eigenvalue weighted by Crippen LogP contribution is -2.51. The number of hydrogen-bond acceptors (Lipinski definition) is 6. The van der Waals surface area contributed by atoms with Gasteiger partial charge >= 0.3 is 23.8 Å². The quantitative estimate of drug-likeness (QED) is 0.538. The molecule has 0 fully saturated rings. The van der Waals surface area contributed by atoms with Gasteiger partial charge in [-0.25, -0.2) is 9.59 Å². The van der Waals surface area contributed by atoms with E-state index in [2.05, 4.69) is 0 Å². The Morgan fingerprint density at radius 2 is 1.50 bits per heavy atom. The van der Waals surface area contributed by atoms with Crippen LogP contribution >= 0.6 is 0 Å². The lowest BCUT2D eigenvalue weighted by molar-refractivity contribution is -0.153. The summed E-state index contributed by atoms with van der Waals surface area (Å²) in [7, 11) is 0. The Labute approximate surface area is 186 Å². The molecule has 0 saturated carbocycles. The smallest absolute Gasteiger partial charge is 0.397 e. The van der Waals surface area contributed by atoms with E-state index in [1.807, 2.05) is 6.07 Å². The first-order valence-corrected chi connectivity index (χ1v) is 10.5. The Bertz CT molecular complexity index is 1010. The van der Waals surface area contributed by atoms with Gasteiger partial charge in [-0.1, -0.05) is 36.4 Å². The van der Waals surface area contributed by atoms with Crippen LogP contribution < -0.4 is 9.80 Å². The zero-order chi connectivity index (χ0) is 23.3. The van der Waals surface area contributed by atoms with Gasteiger partial charge in [0.15, 0.2) is 0 Å². The molecule has 0 unspecified atom stereocenters. The topological polar surface area (TPSA) is 93.2 Å². The Morgan fingerprint density at radius 3 is 2.16 bits per heavy atom. The molecule has 0 aliphatic carbocycles. The lowest BCUT2D eigenvalue weighted by atomic mass is 9.89. The van der Waals surface area contributed by atoms with Crippen molar-refractivity contribution in [1.29, 1.82) is 0 Å². The molecule has 2 atom stereocenters. The summed E-state index contributed by atoms with van der Waals surface area (Å²) in [6.45, 7) is 5.22. The number of ether oxygens (including phenoxy) is 2. The van der Waals surface area contributed by atoms with Crippen LogP contribution in [0.4, 0.5) is 11.4 Å². The second kappa shape index (κ2) is 10.1. The Hall–Kier alpha value is -3.68. The van der Waals surface area contributed by atoms with E-state index in [0.717, 1.165) is 0 Å². The molecular weight excluding hydrogens is 412 g/mol. The van der Waals surface area contributed by atoms with Crippen molar-refractivity contribution in [3.05, 3.63) is 60.2 Å². The maximum absolute atomic E-state index is 13.2. The van der Waals surface area contributed by atoms with E-state index in [0.29, 0.717) is 23.4 Å².